The Balaban J connectivity index is 0.00000261. The predicted molar refractivity (Wildman–Crippen MR) is 111 cm³/mol. The Morgan fingerprint density at radius 2 is 1.81 bits per heavy atom. The van der Waals surface area contributed by atoms with Crippen LogP contribution in [0.4, 0.5) is 0 Å². The highest BCUT2D eigenvalue weighted by atomic mass is 35.5. The fourth-order valence-electron chi connectivity index (χ4n) is 2.91. The molecule has 1 amide bonds. The van der Waals surface area contributed by atoms with Crippen LogP contribution in [0.5, 0.6) is 0 Å². The monoisotopic (exact) mass is 388 g/mol. The van der Waals surface area contributed by atoms with Gasteiger partial charge in [0.25, 0.3) is 5.91 Å². The molecule has 3 aromatic rings. The number of amides is 1. The van der Waals surface area contributed by atoms with Crippen molar-refractivity contribution in [2.45, 2.75) is 6.04 Å². The van der Waals surface area contributed by atoms with Gasteiger partial charge in [-0.2, -0.15) is 0 Å². The summed E-state index contributed by atoms with van der Waals surface area (Å²) < 4.78 is 5.31. The van der Waals surface area contributed by atoms with Crippen molar-refractivity contribution in [3.63, 3.8) is 0 Å². The van der Waals surface area contributed by atoms with Crippen LogP contribution in [0, 0.1) is 0 Å². The van der Waals surface area contributed by atoms with Crippen LogP contribution < -0.4 is 16.8 Å². The average molecular weight is 389 g/mol. The van der Waals surface area contributed by atoms with E-state index in [-0.39, 0.29) is 24.4 Å². The normalized spacial score (nSPS) is 11.8. The van der Waals surface area contributed by atoms with Gasteiger partial charge in [-0.3, -0.25) is 4.79 Å². The second-order valence-electron chi connectivity index (χ2n) is 6.12. The number of carbonyl (C=O) groups excluding carboxylic acids is 1. The zero-order valence-electron chi connectivity index (χ0n) is 15.0. The third-order valence-electron chi connectivity index (χ3n) is 4.11. The van der Waals surface area contributed by atoms with Crippen molar-refractivity contribution >= 4 is 29.2 Å². The predicted octanol–water partition coefficient (Wildman–Crippen LogP) is 2.29. The van der Waals surface area contributed by atoms with Gasteiger partial charge in [0.15, 0.2) is 0 Å². The van der Waals surface area contributed by atoms with Gasteiger partial charge < -0.3 is 26.5 Å². The Kier molecular flexibility index (Phi) is 7.82. The summed E-state index contributed by atoms with van der Waals surface area (Å²) in [5, 5.41) is 3.90. The van der Waals surface area contributed by atoms with Crippen LogP contribution in [0.25, 0.3) is 22.0 Å². The number of para-hydroxylation sites is 1. The molecule has 0 aliphatic carbocycles. The molecule has 2 aromatic carbocycles. The van der Waals surface area contributed by atoms with Crippen molar-refractivity contribution in [1.82, 2.24) is 10.3 Å². The molecule has 7 heteroatoms. The number of fused-ring (bicyclic) bond motifs is 1. The average Bonchev–Trinajstić information content (AvgIpc) is 3.06. The van der Waals surface area contributed by atoms with E-state index in [1.54, 1.807) is 0 Å². The third kappa shape index (κ3) is 5.08. The van der Waals surface area contributed by atoms with Gasteiger partial charge in [-0.1, -0.05) is 48.5 Å². The summed E-state index contributed by atoms with van der Waals surface area (Å²) in [6, 6.07) is 17.5. The molecule has 0 bridgehead atoms. The largest absolute Gasteiger partial charge is 0.378 e. The highest BCUT2D eigenvalue weighted by molar-refractivity contribution is 6.09. The lowest BCUT2D eigenvalue weighted by Crippen LogP contribution is -2.40. The smallest absolute Gasteiger partial charge is 0.268 e. The number of carbonyl (C=O) groups is 1. The minimum absolute atomic E-state index is 0. The van der Waals surface area contributed by atoms with Gasteiger partial charge in [0.1, 0.15) is 5.69 Å². The number of aromatic amines is 1. The quantitative estimate of drug-likeness (QED) is 0.444. The maximum Gasteiger partial charge on any atom is 0.268 e. The van der Waals surface area contributed by atoms with Gasteiger partial charge in [-0.25, -0.2) is 0 Å². The summed E-state index contributed by atoms with van der Waals surface area (Å²) in [7, 11) is 0. The zero-order valence-corrected chi connectivity index (χ0v) is 15.8. The van der Waals surface area contributed by atoms with Gasteiger partial charge in [-0.15, -0.1) is 12.4 Å². The molecular weight excluding hydrogens is 364 g/mol. The number of nitrogens with one attached hydrogen (secondary N) is 2. The number of H-pyrrole nitrogens is 1. The lowest BCUT2D eigenvalue weighted by Gasteiger charge is -2.13. The fraction of sp³-hybridized carbons (Fsp3) is 0.250. The Bertz CT molecular complexity index is 867. The lowest BCUT2D eigenvalue weighted by atomic mass is 10.0. The molecule has 3 rings (SSSR count). The number of benzene rings is 2. The maximum absolute atomic E-state index is 12.8. The van der Waals surface area contributed by atoms with Gasteiger partial charge in [0.05, 0.1) is 13.2 Å². The number of hydrogen-bond donors (Lipinski definition) is 4. The molecule has 0 saturated heterocycles. The van der Waals surface area contributed by atoms with Crippen molar-refractivity contribution in [2.24, 2.45) is 11.5 Å². The van der Waals surface area contributed by atoms with Crippen molar-refractivity contribution < 1.29 is 9.53 Å². The van der Waals surface area contributed by atoms with Gasteiger partial charge in [-0.05, 0) is 11.6 Å². The first-order chi connectivity index (χ1) is 12.7. The molecule has 0 spiro atoms. The van der Waals surface area contributed by atoms with E-state index in [0.29, 0.717) is 32.0 Å². The van der Waals surface area contributed by atoms with E-state index in [4.69, 9.17) is 16.2 Å². The summed E-state index contributed by atoms with van der Waals surface area (Å²) in [5.74, 6) is -0.186. The van der Waals surface area contributed by atoms with E-state index in [9.17, 15) is 4.79 Å². The number of nitrogens with two attached hydrogens (primary N) is 2. The number of halogens is 1. The van der Waals surface area contributed by atoms with E-state index in [1.165, 1.54) is 0 Å². The molecule has 0 fully saturated rings. The first-order valence-corrected chi connectivity index (χ1v) is 8.68. The van der Waals surface area contributed by atoms with Crippen molar-refractivity contribution in [3.05, 3.63) is 60.3 Å². The molecule has 1 aromatic heterocycles. The minimum atomic E-state index is -0.282. The lowest BCUT2D eigenvalue weighted by molar-refractivity contribution is 0.0929. The minimum Gasteiger partial charge on any atom is -0.378 e. The summed E-state index contributed by atoms with van der Waals surface area (Å²) >= 11 is 0. The SMILES string of the molecule is Cl.NCCOCC(N)CNC(=O)c1[nH]c2ccccc2c1-c1ccccc1. The molecule has 1 unspecified atom stereocenters. The van der Waals surface area contributed by atoms with E-state index in [0.717, 1.165) is 22.0 Å². The van der Waals surface area contributed by atoms with Gasteiger partial charge in [0.2, 0.25) is 0 Å². The van der Waals surface area contributed by atoms with Crippen molar-refractivity contribution in [1.29, 1.82) is 0 Å². The van der Waals surface area contributed by atoms with Gasteiger partial charge >= 0.3 is 0 Å². The van der Waals surface area contributed by atoms with Crippen LogP contribution in [-0.4, -0.2) is 43.2 Å². The Labute approximate surface area is 164 Å². The molecule has 1 heterocycles. The number of ether oxygens (including phenoxy) is 1. The number of hydrogen-bond acceptors (Lipinski definition) is 4. The van der Waals surface area contributed by atoms with Crippen molar-refractivity contribution in [3.8, 4) is 11.1 Å². The van der Waals surface area contributed by atoms with Crippen LogP contribution in [0.1, 0.15) is 10.5 Å². The van der Waals surface area contributed by atoms with Crippen LogP contribution in [0.3, 0.4) is 0 Å². The van der Waals surface area contributed by atoms with Crippen molar-refractivity contribution in [2.75, 3.05) is 26.3 Å². The van der Waals surface area contributed by atoms with Crippen LogP contribution in [0.2, 0.25) is 0 Å². The summed E-state index contributed by atoms with van der Waals surface area (Å²) in [6.07, 6.45) is 0. The molecule has 144 valence electrons. The van der Waals surface area contributed by atoms with E-state index in [2.05, 4.69) is 10.3 Å². The second kappa shape index (κ2) is 10.1. The van der Waals surface area contributed by atoms with Gasteiger partial charge in [0, 0.05) is 35.6 Å². The molecule has 0 aliphatic heterocycles. The first kappa shape index (κ1) is 20.9. The Morgan fingerprint density at radius 1 is 1.11 bits per heavy atom. The van der Waals surface area contributed by atoms with E-state index < -0.39 is 0 Å². The van der Waals surface area contributed by atoms with Crippen LogP contribution in [-0.2, 0) is 4.74 Å². The third-order valence-corrected chi connectivity index (χ3v) is 4.11. The Morgan fingerprint density at radius 3 is 2.56 bits per heavy atom. The summed E-state index contributed by atoms with van der Waals surface area (Å²) in [5.41, 5.74) is 14.7. The first-order valence-electron chi connectivity index (χ1n) is 8.68. The molecule has 6 N–H and O–H groups in total. The highest BCUT2D eigenvalue weighted by Gasteiger charge is 2.19. The van der Waals surface area contributed by atoms with Crippen LogP contribution >= 0.6 is 12.4 Å². The molecule has 0 radical (unpaired) electrons. The molecular formula is C20H25ClN4O2. The second-order valence-corrected chi connectivity index (χ2v) is 6.12. The van der Waals surface area contributed by atoms with E-state index in [1.807, 2.05) is 54.6 Å². The fourth-order valence-corrected chi connectivity index (χ4v) is 2.91. The number of rotatable bonds is 8. The Hall–Kier alpha value is -2.38. The molecule has 0 aliphatic rings. The standard InChI is InChI=1S/C20H24N4O2.ClH/c21-10-11-26-13-15(22)12-23-20(25)19-18(14-6-2-1-3-7-14)16-8-4-5-9-17(16)24-19;/h1-9,15,24H,10-13,21-22H2,(H,23,25);1H. The molecule has 27 heavy (non-hydrogen) atoms. The molecule has 6 nitrogen and oxygen atoms in total. The summed E-state index contributed by atoms with van der Waals surface area (Å²) in [4.78, 5) is 16.0. The highest BCUT2D eigenvalue weighted by Crippen LogP contribution is 2.32. The maximum atomic E-state index is 12.8. The number of aromatic nitrogens is 1. The van der Waals surface area contributed by atoms with Crippen LogP contribution in [0.15, 0.2) is 54.6 Å². The molecule has 1 atom stereocenters. The molecule has 0 saturated carbocycles. The topological polar surface area (TPSA) is 106 Å². The summed E-state index contributed by atoms with van der Waals surface area (Å²) in [6.45, 7) is 1.60. The zero-order chi connectivity index (χ0) is 18.4. The van der Waals surface area contributed by atoms with E-state index >= 15 is 0 Å².